The number of carboxylic acid groups (broad SMARTS) is 1. The van der Waals surface area contributed by atoms with E-state index in [4.69, 9.17) is 5.11 Å². The maximum absolute atomic E-state index is 10.4. The lowest BCUT2D eigenvalue weighted by atomic mass is 10.2. The molecular formula is C8H12N2O2. The molecule has 1 aromatic rings. The smallest absolute Gasteiger partial charge is 0.309 e. The Kier molecular flexibility index (Phi) is 2.47. The van der Waals surface area contributed by atoms with E-state index in [1.54, 1.807) is 10.9 Å². The van der Waals surface area contributed by atoms with Crippen LogP contribution >= 0.6 is 0 Å². The molecule has 12 heavy (non-hydrogen) atoms. The second kappa shape index (κ2) is 3.38. The first-order valence-electron chi connectivity index (χ1n) is 3.86. The van der Waals surface area contributed by atoms with Crippen LogP contribution in [0.4, 0.5) is 0 Å². The number of imidazole rings is 1. The van der Waals surface area contributed by atoms with Crippen LogP contribution < -0.4 is 0 Å². The van der Waals surface area contributed by atoms with Gasteiger partial charge in [0.25, 0.3) is 0 Å². The topological polar surface area (TPSA) is 55.1 Å². The highest BCUT2D eigenvalue weighted by Gasteiger charge is 2.09. The summed E-state index contributed by atoms with van der Waals surface area (Å²) in [5.41, 5.74) is 1.67. The van der Waals surface area contributed by atoms with Crippen LogP contribution in [0.1, 0.15) is 18.3 Å². The fraction of sp³-hybridized carbons (Fsp3) is 0.500. The van der Waals surface area contributed by atoms with E-state index in [-0.39, 0.29) is 6.42 Å². The van der Waals surface area contributed by atoms with Gasteiger partial charge in [-0.05, 0) is 6.42 Å². The highest BCUT2D eigenvalue weighted by atomic mass is 16.4. The summed E-state index contributed by atoms with van der Waals surface area (Å²) in [5.74, 6) is -0.812. The third kappa shape index (κ3) is 1.64. The third-order valence-corrected chi connectivity index (χ3v) is 1.80. The maximum atomic E-state index is 10.4. The van der Waals surface area contributed by atoms with Crippen LogP contribution in [0.15, 0.2) is 6.33 Å². The van der Waals surface area contributed by atoms with Gasteiger partial charge in [0.1, 0.15) is 0 Å². The van der Waals surface area contributed by atoms with E-state index in [1.807, 2.05) is 14.0 Å². The summed E-state index contributed by atoms with van der Waals surface area (Å²) >= 11 is 0. The lowest BCUT2D eigenvalue weighted by Crippen LogP contribution is -2.06. The van der Waals surface area contributed by atoms with Crippen molar-refractivity contribution in [3.63, 3.8) is 0 Å². The number of aryl methyl sites for hydroxylation is 2. The number of aliphatic carboxylic acids is 1. The molecule has 0 bridgehead atoms. The van der Waals surface area contributed by atoms with Gasteiger partial charge in [0.15, 0.2) is 0 Å². The van der Waals surface area contributed by atoms with Crippen molar-refractivity contribution in [1.29, 1.82) is 0 Å². The molecule has 1 N–H and O–H groups in total. The Morgan fingerprint density at radius 1 is 1.75 bits per heavy atom. The summed E-state index contributed by atoms with van der Waals surface area (Å²) in [6, 6.07) is 0. The van der Waals surface area contributed by atoms with E-state index in [0.717, 1.165) is 17.8 Å². The summed E-state index contributed by atoms with van der Waals surface area (Å²) < 4.78 is 1.76. The molecule has 0 aliphatic rings. The molecule has 0 spiro atoms. The van der Waals surface area contributed by atoms with E-state index in [2.05, 4.69) is 4.98 Å². The van der Waals surface area contributed by atoms with Crippen molar-refractivity contribution < 1.29 is 9.90 Å². The van der Waals surface area contributed by atoms with Crippen molar-refractivity contribution in [1.82, 2.24) is 9.55 Å². The van der Waals surface area contributed by atoms with Gasteiger partial charge in [-0.1, -0.05) is 6.92 Å². The number of hydrogen-bond acceptors (Lipinski definition) is 2. The van der Waals surface area contributed by atoms with Crippen LogP contribution in [0.3, 0.4) is 0 Å². The molecule has 4 nitrogen and oxygen atoms in total. The average Bonchev–Trinajstić information content (AvgIpc) is 2.32. The maximum Gasteiger partial charge on any atom is 0.309 e. The molecule has 0 unspecified atom stereocenters. The highest BCUT2D eigenvalue weighted by molar-refractivity contribution is 5.69. The molecule has 0 saturated heterocycles. The number of nitrogens with zero attached hydrogens (tertiary/aromatic N) is 2. The van der Waals surface area contributed by atoms with E-state index in [1.165, 1.54) is 0 Å². The number of carbonyl (C=O) groups is 1. The van der Waals surface area contributed by atoms with Gasteiger partial charge in [-0.25, -0.2) is 4.98 Å². The van der Waals surface area contributed by atoms with Gasteiger partial charge < -0.3 is 9.67 Å². The molecular weight excluding hydrogens is 156 g/mol. The summed E-state index contributed by atoms with van der Waals surface area (Å²) in [6.45, 7) is 1.97. The summed E-state index contributed by atoms with van der Waals surface area (Å²) in [6.07, 6.45) is 2.49. The monoisotopic (exact) mass is 168 g/mol. The van der Waals surface area contributed by atoms with E-state index >= 15 is 0 Å². The zero-order chi connectivity index (χ0) is 9.14. The summed E-state index contributed by atoms with van der Waals surface area (Å²) in [7, 11) is 1.81. The predicted molar refractivity (Wildman–Crippen MR) is 43.9 cm³/mol. The first-order valence-corrected chi connectivity index (χ1v) is 3.86. The van der Waals surface area contributed by atoms with Gasteiger partial charge in [0.2, 0.25) is 0 Å². The Bertz CT molecular complexity index is 291. The lowest BCUT2D eigenvalue weighted by Gasteiger charge is -2.00. The van der Waals surface area contributed by atoms with E-state index < -0.39 is 5.97 Å². The van der Waals surface area contributed by atoms with Crippen LogP contribution in [-0.4, -0.2) is 20.6 Å². The van der Waals surface area contributed by atoms with Crippen LogP contribution in [0.25, 0.3) is 0 Å². The van der Waals surface area contributed by atoms with Crippen molar-refractivity contribution in [3.05, 3.63) is 17.7 Å². The number of carboxylic acids is 1. The standard InChI is InChI=1S/C8H12N2O2/c1-3-6-7(4-8(11)12)10(2)5-9-6/h5H,3-4H2,1-2H3,(H,11,12). The molecule has 4 heteroatoms. The van der Waals surface area contributed by atoms with Crippen molar-refractivity contribution in [2.24, 2.45) is 7.05 Å². The van der Waals surface area contributed by atoms with E-state index in [9.17, 15) is 4.79 Å². The fourth-order valence-electron chi connectivity index (χ4n) is 1.17. The first kappa shape index (κ1) is 8.77. The molecule has 0 atom stereocenters. The molecule has 0 saturated carbocycles. The summed E-state index contributed by atoms with van der Waals surface area (Å²) in [5, 5.41) is 8.59. The SMILES string of the molecule is CCc1ncn(C)c1CC(=O)O. The van der Waals surface area contributed by atoms with Gasteiger partial charge in [0.05, 0.1) is 24.1 Å². The molecule has 1 aromatic heterocycles. The second-order valence-electron chi connectivity index (χ2n) is 2.67. The normalized spacial score (nSPS) is 10.2. The number of rotatable bonds is 3. The Labute approximate surface area is 70.9 Å². The van der Waals surface area contributed by atoms with E-state index in [0.29, 0.717) is 0 Å². The van der Waals surface area contributed by atoms with Crippen molar-refractivity contribution in [2.75, 3.05) is 0 Å². The van der Waals surface area contributed by atoms with Crippen LogP contribution in [0.5, 0.6) is 0 Å². The second-order valence-corrected chi connectivity index (χ2v) is 2.67. The Balaban J connectivity index is 2.94. The summed E-state index contributed by atoms with van der Waals surface area (Å²) in [4.78, 5) is 14.5. The Hall–Kier alpha value is -1.32. The minimum Gasteiger partial charge on any atom is -0.481 e. The Morgan fingerprint density at radius 2 is 2.42 bits per heavy atom. The Morgan fingerprint density at radius 3 is 2.92 bits per heavy atom. The predicted octanol–water partition coefficient (Wildman–Crippen LogP) is 0.610. The molecule has 0 radical (unpaired) electrons. The quantitative estimate of drug-likeness (QED) is 0.719. The van der Waals surface area contributed by atoms with Crippen LogP contribution in [0.2, 0.25) is 0 Å². The molecule has 1 rings (SSSR count). The van der Waals surface area contributed by atoms with Crippen LogP contribution in [-0.2, 0) is 24.7 Å². The van der Waals surface area contributed by atoms with Crippen LogP contribution in [0, 0.1) is 0 Å². The highest BCUT2D eigenvalue weighted by Crippen LogP contribution is 2.07. The van der Waals surface area contributed by atoms with Crippen molar-refractivity contribution in [2.45, 2.75) is 19.8 Å². The first-order chi connectivity index (χ1) is 5.65. The van der Waals surface area contributed by atoms with Gasteiger partial charge >= 0.3 is 5.97 Å². The van der Waals surface area contributed by atoms with Crippen molar-refractivity contribution in [3.8, 4) is 0 Å². The van der Waals surface area contributed by atoms with Crippen molar-refractivity contribution >= 4 is 5.97 Å². The largest absolute Gasteiger partial charge is 0.481 e. The third-order valence-electron chi connectivity index (χ3n) is 1.80. The number of aromatic nitrogens is 2. The fourth-order valence-corrected chi connectivity index (χ4v) is 1.17. The van der Waals surface area contributed by atoms with Gasteiger partial charge in [-0.3, -0.25) is 4.79 Å². The molecule has 66 valence electrons. The molecule has 0 aromatic carbocycles. The lowest BCUT2D eigenvalue weighted by molar-refractivity contribution is -0.136. The molecule has 0 aliphatic heterocycles. The van der Waals surface area contributed by atoms with Gasteiger partial charge in [-0.15, -0.1) is 0 Å². The average molecular weight is 168 g/mol. The minimum absolute atomic E-state index is 0.0552. The van der Waals surface area contributed by atoms with Gasteiger partial charge in [-0.2, -0.15) is 0 Å². The molecule has 0 aliphatic carbocycles. The number of hydrogen-bond donors (Lipinski definition) is 1. The molecule has 1 heterocycles. The van der Waals surface area contributed by atoms with Gasteiger partial charge in [0, 0.05) is 7.05 Å². The molecule has 0 amide bonds. The zero-order valence-corrected chi connectivity index (χ0v) is 7.24. The minimum atomic E-state index is -0.812. The zero-order valence-electron chi connectivity index (χ0n) is 7.24. The molecule has 0 fully saturated rings.